The van der Waals surface area contributed by atoms with Crippen molar-refractivity contribution in [2.24, 2.45) is 0 Å². The first-order chi connectivity index (χ1) is 18.1. The van der Waals surface area contributed by atoms with Gasteiger partial charge >= 0.3 is 0 Å². The quantitative estimate of drug-likeness (QED) is 0.464. The predicted molar refractivity (Wildman–Crippen MR) is 134 cm³/mol. The number of aliphatic hydroxyl groups excluding tert-OH is 1. The van der Waals surface area contributed by atoms with E-state index in [1.165, 1.54) is 0 Å². The molecule has 2 unspecified atom stereocenters. The molecule has 0 amide bonds. The van der Waals surface area contributed by atoms with Crippen molar-refractivity contribution in [1.82, 2.24) is 0 Å². The lowest BCUT2D eigenvalue weighted by Gasteiger charge is -2.47. The lowest BCUT2D eigenvalue weighted by atomic mass is 9.97. The van der Waals surface area contributed by atoms with Gasteiger partial charge in [-0.25, -0.2) is 0 Å². The minimum Gasteiger partial charge on any atom is -0.497 e. The van der Waals surface area contributed by atoms with Gasteiger partial charge in [-0.1, -0.05) is 54.6 Å². The summed E-state index contributed by atoms with van der Waals surface area (Å²) >= 11 is 0. The second-order valence-electron chi connectivity index (χ2n) is 8.99. The molecule has 2 heterocycles. The van der Waals surface area contributed by atoms with Crippen LogP contribution in [0.25, 0.3) is 0 Å². The van der Waals surface area contributed by atoms with E-state index in [0.717, 1.165) is 28.2 Å². The molecule has 37 heavy (non-hydrogen) atoms. The number of benzene rings is 3. The molecular weight excluding hydrogens is 476 g/mol. The molecule has 2 fully saturated rings. The highest BCUT2D eigenvalue weighted by molar-refractivity contribution is 5.27. The monoisotopic (exact) mass is 508 g/mol. The van der Waals surface area contributed by atoms with Crippen LogP contribution in [0, 0.1) is 0 Å². The van der Waals surface area contributed by atoms with E-state index in [4.69, 9.17) is 33.2 Å². The first-order valence-electron chi connectivity index (χ1n) is 12.3. The van der Waals surface area contributed by atoms with E-state index in [0.29, 0.717) is 6.61 Å². The molecule has 2 aliphatic heterocycles. The Morgan fingerprint density at radius 1 is 0.730 bits per heavy atom. The van der Waals surface area contributed by atoms with Gasteiger partial charge in [-0.3, -0.25) is 0 Å². The molecule has 8 nitrogen and oxygen atoms in total. The smallest absolute Gasteiger partial charge is 0.184 e. The van der Waals surface area contributed by atoms with Gasteiger partial charge in [-0.05, 0) is 35.4 Å². The zero-order chi connectivity index (χ0) is 25.6. The summed E-state index contributed by atoms with van der Waals surface area (Å²) in [6, 6.07) is 24.9. The van der Waals surface area contributed by atoms with Gasteiger partial charge in [0.2, 0.25) is 0 Å². The number of hydrogen-bond donors (Lipinski definition) is 1. The summed E-state index contributed by atoms with van der Waals surface area (Å²) in [5.74, 6) is 1.53. The molecule has 0 bridgehead atoms. The van der Waals surface area contributed by atoms with Gasteiger partial charge in [0, 0.05) is 5.56 Å². The van der Waals surface area contributed by atoms with Crippen LogP contribution in [-0.4, -0.2) is 56.6 Å². The van der Waals surface area contributed by atoms with Crippen LogP contribution in [0.15, 0.2) is 78.9 Å². The molecule has 0 radical (unpaired) electrons. The molecule has 196 valence electrons. The number of methoxy groups -OCH3 is 2. The fraction of sp³-hybridized carbons (Fsp3) is 0.379. The Balaban J connectivity index is 1.35. The average Bonchev–Trinajstić information content (AvgIpc) is 2.96. The lowest BCUT2D eigenvalue weighted by Crippen LogP contribution is -2.63. The first kappa shape index (κ1) is 25.7. The van der Waals surface area contributed by atoms with Gasteiger partial charge in [0.05, 0.1) is 34.0 Å². The molecule has 0 spiro atoms. The van der Waals surface area contributed by atoms with Crippen molar-refractivity contribution in [3.8, 4) is 11.5 Å². The molecule has 0 saturated carbocycles. The van der Waals surface area contributed by atoms with Crippen molar-refractivity contribution < 1.29 is 38.3 Å². The highest BCUT2D eigenvalue weighted by Gasteiger charge is 2.51. The Morgan fingerprint density at radius 2 is 1.30 bits per heavy atom. The van der Waals surface area contributed by atoms with E-state index in [2.05, 4.69) is 0 Å². The van der Waals surface area contributed by atoms with Crippen molar-refractivity contribution in [3.05, 3.63) is 95.6 Å². The largest absolute Gasteiger partial charge is 0.497 e. The number of hydrogen-bond acceptors (Lipinski definition) is 8. The molecule has 1 N–H and O–H groups in total. The highest BCUT2D eigenvalue weighted by atomic mass is 16.7. The molecule has 0 aliphatic carbocycles. The molecule has 5 rings (SSSR count). The summed E-state index contributed by atoms with van der Waals surface area (Å²) in [4.78, 5) is 0. The van der Waals surface area contributed by atoms with Gasteiger partial charge in [-0.2, -0.15) is 0 Å². The predicted octanol–water partition coefficient (Wildman–Crippen LogP) is 4.01. The number of rotatable bonds is 9. The molecule has 6 atom stereocenters. The van der Waals surface area contributed by atoms with Crippen LogP contribution in [-0.2, 0) is 36.9 Å². The van der Waals surface area contributed by atoms with Crippen LogP contribution in [0.2, 0.25) is 0 Å². The third-order valence-electron chi connectivity index (χ3n) is 6.58. The number of ether oxygens (including phenoxy) is 7. The number of fused-ring (bicyclic) bond motifs is 1. The lowest BCUT2D eigenvalue weighted by molar-refractivity contribution is -0.366. The van der Waals surface area contributed by atoms with Crippen LogP contribution in [0.4, 0.5) is 0 Å². The summed E-state index contributed by atoms with van der Waals surface area (Å²) in [5.41, 5.74) is 2.79. The maximum absolute atomic E-state index is 10.9. The summed E-state index contributed by atoms with van der Waals surface area (Å²) in [6.07, 6.45) is -4.19. The number of aliphatic hydroxyl groups is 1. The Kier molecular flexibility index (Phi) is 8.35. The summed E-state index contributed by atoms with van der Waals surface area (Å²) in [7, 11) is 3.25. The molecule has 8 heteroatoms. The highest BCUT2D eigenvalue weighted by Crippen LogP contribution is 2.36. The van der Waals surface area contributed by atoms with Gasteiger partial charge in [0.25, 0.3) is 0 Å². The zero-order valence-electron chi connectivity index (χ0n) is 20.9. The van der Waals surface area contributed by atoms with Crippen LogP contribution >= 0.6 is 0 Å². The van der Waals surface area contributed by atoms with E-state index < -0.39 is 37.0 Å². The van der Waals surface area contributed by atoms with Gasteiger partial charge in [0.15, 0.2) is 12.6 Å². The van der Waals surface area contributed by atoms with Crippen LogP contribution in [0.5, 0.6) is 11.5 Å². The second-order valence-corrected chi connectivity index (χ2v) is 8.99. The van der Waals surface area contributed by atoms with Gasteiger partial charge in [0.1, 0.15) is 35.9 Å². The third kappa shape index (κ3) is 6.13. The average molecular weight is 509 g/mol. The fourth-order valence-corrected chi connectivity index (χ4v) is 4.54. The minimum atomic E-state index is -1.21. The Hall–Kier alpha value is -2.98. The normalized spacial score (nSPS) is 27.3. The molecule has 3 aromatic rings. The van der Waals surface area contributed by atoms with Crippen LogP contribution in [0.3, 0.4) is 0 Å². The summed E-state index contributed by atoms with van der Waals surface area (Å²) < 4.78 is 41.3. The molecule has 2 saturated heterocycles. The van der Waals surface area contributed by atoms with E-state index in [1.807, 2.05) is 78.9 Å². The summed E-state index contributed by atoms with van der Waals surface area (Å²) in [5, 5.41) is 10.9. The minimum absolute atomic E-state index is 0.257. The van der Waals surface area contributed by atoms with Crippen molar-refractivity contribution in [2.45, 2.75) is 50.2 Å². The van der Waals surface area contributed by atoms with E-state index in [9.17, 15) is 5.11 Å². The van der Waals surface area contributed by atoms with Gasteiger partial charge < -0.3 is 38.3 Å². The summed E-state index contributed by atoms with van der Waals surface area (Å²) in [6.45, 7) is 0.815. The SMILES string of the molecule is COc1ccc(CO[C@H]2[C@H]3OC(c4ccccc4)OC[C@H]3OC(O)[C@@H]2OCc2ccc(OC)cc2)cc1. The molecular formula is C29H32O8. The molecule has 3 aromatic carbocycles. The molecule has 2 aliphatic rings. The van der Waals surface area contributed by atoms with Crippen molar-refractivity contribution in [1.29, 1.82) is 0 Å². The van der Waals surface area contributed by atoms with E-state index in [1.54, 1.807) is 14.2 Å². The molecule has 0 aromatic heterocycles. The Morgan fingerprint density at radius 3 is 1.86 bits per heavy atom. The Labute approximate surface area is 216 Å². The maximum Gasteiger partial charge on any atom is 0.184 e. The van der Waals surface area contributed by atoms with Crippen molar-refractivity contribution in [3.63, 3.8) is 0 Å². The van der Waals surface area contributed by atoms with Gasteiger partial charge in [-0.15, -0.1) is 0 Å². The second kappa shape index (κ2) is 12.0. The van der Waals surface area contributed by atoms with Crippen LogP contribution < -0.4 is 9.47 Å². The standard InChI is InChI=1S/C29H32O8/c1-31-22-12-8-19(9-13-22)16-33-26-25-24(18-35-29(37-25)21-6-4-3-5-7-21)36-28(30)27(26)34-17-20-10-14-23(32-2)15-11-20/h3-15,24-30H,16-18H2,1-2H3/t24-,25+,26+,27-,28?,29?/m1/s1. The topological polar surface area (TPSA) is 84.8 Å². The fourth-order valence-electron chi connectivity index (χ4n) is 4.54. The van der Waals surface area contributed by atoms with Crippen molar-refractivity contribution >= 4 is 0 Å². The Bertz CT molecular complexity index is 1110. The van der Waals surface area contributed by atoms with Crippen molar-refractivity contribution in [2.75, 3.05) is 20.8 Å². The van der Waals surface area contributed by atoms with E-state index in [-0.39, 0.29) is 13.2 Å². The maximum atomic E-state index is 10.9. The van der Waals surface area contributed by atoms with Crippen LogP contribution in [0.1, 0.15) is 23.0 Å². The first-order valence-corrected chi connectivity index (χ1v) is 12.3. The zero-order valence-corrected chi connectivity index (χ0v) is 20.9. The van der Waals surface area contributed by atoms with E-state index >= 15 is 0 Å². The third-order valence-corrected chi connectivity index (χ3v) is 6.58.